The summed E-state index contributed by atoms with van der Waals surface area (Å²) in [7, 11) is 3.65. The van der Waals surface area contributed by atoms with Crippen molar-refractivity contribution in [2.24, 2.45) is 0 Å². The lowest BCUT2D eigenvalue weighted by molar-refractivity contribution is 0.392. The molecule has 0 saturated heterocycles. The van der Waals surface area contributed by atoms with E-state index in [1.165, 1.54) is 0 Å². The van der Waals surface area contributed by atoms with Crippen molar-refractivity contribution in [1.82, 2.24) is 4.98 Å². The number of benzene rings is 1. The van der Waals surface area contributed by atoms with Gasteiger partial charge in [0.25, 0.3) is 0 Å². The Morgan fingerprint density at radius 1 is 1.27 bits per heavy atom. The first-order valence-corrected chi connectivity index (χ1v) is 5.16. The average molecular weight is 200 g/mol. The normalized spacial score (nSPS) is 9.20. The van der Waals surface area contributed by atoms with Crippen molar-refractivity contribution in [2.75, 3.05) is 6.51 Å². The van der Waals surface area contributed by atoms with E-state index < -0.39 is 0 Å². The predicted octanol–water partition coefficient (Wildman–Crippen LogP) is 2.50. The molecular formula is C12H15BNO. The van der Waals surface area contributed by atoms with Gasteiger partial charge in [-0.1, -0.05) is 26.0 Å². The minimum atomic E-state index is 0.438. The van der Waals surface area contributed by atoms with Gasteiger partial charge in [0.15, 0.2) is 0 Å². The third kappa shape index (κ3) is 2.72. The van der Waals surface area contributed by atoms with Crippen LogP contribution >= 0.6 is 0 Å². The molecule has 0 unspecified atom stereocenters. The standard InChI is InChI=1S/C10H9BNO.C2H6/c11-7-13-10-3-1-2-8-4-5-12-6-9(8)10;1-2/h1-6,11H,7H2;1-2H3. The first-order valence-electron chi connectivity index (χ1n) is 5.16. The van der Waals surface area contributed by atoms with E-state index in [1.807, 2.05) is 38.1 Å². The third-order valence-corrected chi connectivity index (χ3v) is 1.90. The van der Waals surface area contributed by atoms with Gasteiger partial charge < -0.3 is 4.74 Å². The molecule has 0 amide bonds. The van der Waals surface area contributed by atoms with Crippen molar-refractivity contribution < 1.29 is 4.74 Å². The van der Waals surface area contributed by atoms with Gasteiger partial charge in [0.05, 0.1) is 0 Å². The van der Waals surface area contributed by atoms with Crippen LogP contribution in [-0.2, 0) is 0 Å². The van der Waals surface area contributed by atoms with E-state index in [0.717, 1.165) is 16.5 Å². The van der Waals surface area contributed by atoms with E-state index in [-0.39, 0.29) is 0 Å². The van der Waals surface area contributed by atoms with Gasteiger partial charge in [-0.05, 0) is 17.5 Å². The summed E-state index contributed by atoms with van der Waals surface area (Å²) in [6, 6.07) is 7.89. The Hall–Kier alpha value is -1.51. The van der Waals surface area contributed by atoms with E-state index in [4.69, 9.17) is 4.74 Å². The Morgan fingerprint density at radius 2 is 2.07 bits per heavy atom. The molecular weight excluding hydrogens is 185 g/mol. The van der Waals surface area contributed by atoms with Crippen LogP contribution in [0.2, 0.25) is 0 Å². The molecule has 3 heteroatoms. The maximum absolute atomic E-state index is 5.37. The molecule has 2 rings (SSSR count). The molecule has 0 atom stereocenters. The number of hydrogen-bond donors (Lipinski definition) is 0. The van der Waals surface area contributed by atoms with Crippen LogP contribution in [0.1, 0.15) is 13.8 Å². The van der Waals surface area contributed by atoms with Crippen LogP contribution in [0.5, 0.6) is 5.75 Å². The maximum atomic E-state index is 5.37. The van der Waals surface area contributed by atoms with Gasteiger partial charge in [-0.15, -0.1) is 0 Å². The number of aromatic nitrogens is 1. The molecule has 15 heavy (non-hydrogen) atoms. The number of rotatable bonds is 2. The molecule has 0 aliphatic carbocycles. The van der Waals surface area contributed by atoms with E-state index >= 15 is 0 Å². The Balaban J connectivity index is 0.000000531. The highest BCUT2D eigenvalue weighted by Crippen LogP contribution is 2.23. The summed E-state index contributed by atoms with van der Waals surface area (Å²) in [6.45, 7) is 4.44. The summed E-state index contributed by atoms with van der Waals surface area (Å²) in [4.78, 5) is 4.06. The van der Waals surface area contributed by atoms with Crippen molar-refractivity contribution in [3.05, 3.63) is 36.7 Å². The molecule has 1 radical (unpaired) electrons. The highest BCUT2D eigenvalue weighted by molar-refractivity contribution is 6.08. The van der Waals surface area contributed by atoms with Gasteiger partial charge in [-0.2, -0.15) is 0 Å². The van der Waals surface area contributed by atoms with Gasteiger partial charge in [0.2, 0.25) is 0 Å². The van der Waals surface area contributed by atoms with Crippen molar-refractivity contribution in [3.8, 4) is 5.75 Å². The lowest BCUT2D eigenvalue weighted by Gasteiger charge is -2.05. The molecule has 0 saturated carbocycles. The van der Waals surface area contributed by atoms with Crippen molar-refractivity contribution in [1.29, 1.82) is 0 Å². The van der Waals surface area contributed by atoms with Gasteiger partial charge in [-0.25, -0.2) is 0 Å². The largest absolute Gasteiger partial charge is 0.502 e. The third-order valence-electron chi connectivity index (χ3n) is 1.90. The van der Waals surface area contributed by atoms with Crippen LogP contribution in [0, 0.1) is 0 Å². The fourth-order valence-corrected chi connectivity index (χ4v) is 1.32. The van der Waals surface area contributed by atoms with Crippen molar-refractivity contribution >= 4 is 18.6 Å². The monoisotopic (exact) mass is 200 g/mol. The zero-order valence-corrected chi connectivity index (χ0v) is 9.23. The Morgan fingerprint density at radius 3 is 2.80 bits per heavy atom. The first kappa shape index (κ1) is 11.6. The Kier molecular flexibility index (Phi) is 4.68. The summed E-state index contributed by atoms with van der Waals surface area (Å²) in [5.41, 5.74) is 0. The van der Waals surface area contributed by atoms with E-state index in [0.29, 0.717) is 6.51 Å². The summed E-state index contributed by atoms with van der Waals surface area (Å²) in [6.07, 6.45) is 3.58. The highest BCUT2D eigenvalue weighted by Gasteiger charge is 1.99. The number of pyridine rings is 1. The molecule has 1 aromatic carbocycles. The lowest BCUT2D eigenvalue weighted by atomic mass is 10.1. The minimum absolute atomic E-state index is 0.438. The summed E-state index contributed by atoms with van der Waals surface area (Å²) in [5.74, 6) is 0.848. The molecule has 1 aromatic heterocycles. The summed E-state index contributed by atoms with van der Waals surface area (Å²) < 4.78 is 5.37. The second kappa shape index (κ2) is 6.07. The molecule has 0 aliphatic heterocycles. The number of nitrogens with zero attached hydrogens (tertiary/aromatic N) is 1. The topological polar surface area (TPSA) is 22.1 Å². The summed E-state index contributed by atoms with van der Waals surface area (Å²) >= 11 is 0. The second-order valence-electron chi connectivity index (χ2n) is 2.70. The van der Waals surface area contributed by atoms with Crippen molar-refractivity contribution in [3.63, 3.8) is 0 Å². The second-order valence-corrected chi connectivity index (χ2v) is 2.70. The van der Waals surface area contributed by atoms with E-state index in [1.54, 1.807) is 12.4 Å². The fourth-order valence-electron chi connectivity index (χ4n) is 1.32. The van der Waals surface area contributed by atoms with Crippen molar-refractivity contribution in [2.45, 2.75) is 13.8 Å². The van der Waals surface area contributed by atoms with Gasteiger partial charge in [-0.3, -0.25) is 4.98 Å². The summed E-state index contributed by atoms with van der Waals surface area (Å²) in [5, 5.41) is 2.18. The number of hydrogen-bond acceptors (Lipinski definition) is 2. The van der Waals surface area contributed by atoms with Crippen LogP contribution in [0.25, 0.3) is 10.8 Å². The molecule has 0 fully saturated rings. The quantitative estimate of drug-likeness (QED) is 0.694. The van der Waals surface area contributed by atoms with Crippen LogP contribution in [0.3, 0.4) is 0 Å². The smallest absolute Gasteiger partial charge is 0.139 e. The zero-order chi connectivity index (χ0) is 11.1. The van der Waals surface area contributed by atoms with Crippen LogP contribution in [-0.4, -0.2) is 19.3 Å². The molecule has 77 valence electrons. The maximum Gasteiger partial charge on any atom is 0.139 e. The van der Waals surface area contributed by atoms with Gasteiger partial charge >= 0.3 is 0 Å². The molecule has 0 aliphatic rings. The van der Waals surface area contributed by atoms with Crippen LogP contribution in [0.15, 0.2) is 36.7 Å². The number of fused-ring (bicyclic) bond motifs is 1. The van der Waals surface area contributed by atoms with Gasteiger partial charge in [0.1, 0.15) is 13.6 Å². The molecule has 0 spiro atoms. The molecule has 2 aromatic rings. The molecule has 0 N–H and O–H groups in total. The van der Waals surface area contributed by atoms with E-state index in [2.05, 4.69) is 12.8 Å². The minimum Gasteiger partial charge on any atom is -0.502 e. The Labute approximate surface area is 91.7 Å². The van der Waals surface area contributed by atoms with Crippen LogP contribution < -0.4 is 4.74 Å². The molecule has 1 heterocycles. The number of ether oxygens (including phenoxy) is 1. The Bertz CT molecular complexity index is 412. The first-order chi connectivity index (χ1) is 7.42. The SMILES string of the molecule is CC.[BH]COc1cccc2ccncc12. The fraction of sp³-hybridized carbons (Fsp3) is 0.250. The van der Waals surface area contributed by atoms with Gasteiger partial charge in [0, 0.05) is 24.3 Å². The predicted molar refractivity (Wildman–Crippen MR) is 65.7 cm³/mol. The highest BCUT2D eigenvalue weighted by atomic mass is 16.5. The van der Waals surface area contributed by atoms with E-state index in [9.17, 15) is 0 Å². The molecule has 0 bridgehead atoms. The average Bonchev–Trinajstić information content (AvgIpc) is 2.33. The molecule has 2 nitrogen and oxygen atoms in total. The van der Waals surface area contributed by atoms with Crippen LogP contribution in [0.4, 0.5) is 0 Å². The zero-order valence-electron chi connectivity index (χ0n) is 9.23. The lowest BCUT2D eigenvalue weighted by Crippen LogP contribution is -1.95.